The summed E-state index contributed by atoms with van der Waals surface area (Å²) in [6.45, 7) is 0. The molecule has 0 saturated heterocycles. The van der Waals surface area contributed by atoms with E-state index < -0.39 is 0 Å². The summed E-state index contributed by atoms with van der Waals surface area (Å²) in [4.78, 5) is 11.3. The fraction of sp³-hybridized carbons (Fsp3) is 0.375. The molecule has 0 radical (unpaired) electrons. The Kier molecular flexibility index (Phi) is 2.01. The normalized spacial score (nSPS) is 15.8. The third-order valence-corrected chi connectivity index (χ3v) is 2.33. The maximum absolute atomic E-state index is 11.3. The summed E-state index contributed by atoms with van der Waals surface area (Å²) in [6, 6.07) is 2.06. The number of nitrogens with zero attached hydrogens (tertiary/aromatic N) is 1. The second-order valence-corrected chi connectivity index (χ2v) is 3.59. The van der Waals surface area contributed by atoms with Crippen LogP contribution in [0.4, 0.5) is 0 Å². The van der Waals surface area contributed by atoms with Gasteiger partial charge in [-0.05, 0) is 18.9 Å². The molecule has 1 aliphatic rings. The number of hydrazine groups is 1. The molecule has 1 aromatic heterocycles. The van der Waals surface area contributed by atoms with Gasteiger partial charge >= 0.3 is 0 Å². The molecule has 0 spiro atoms. The predicted molar refractivity (Wildman–Crippen MR) is 49.4 cm³/mol. The highest BCUT2D eigenvalue weighted by molar-refractivity contribution is 6.31. The van der Waals surface area contributed by atoms with Crippen molar-refractivity contribution in [1.29, 1.82) is 0 Å². The number of hydrogen-bond donors (Lipinski definition) is 2. The molecule has 0 unspecified atom stereocenters. The van der Waals surface area contributed by atoms with E-state index in [0.29, 0.717) is 16.8 Å². The number of nitrogen functional groups attached to an aromatic ring is 1. The van der Waals surface area contributed by atoms with Crippen molar-refractivity contribution in [1.82, 2.24) is 9.99 Å². The number of amides is 1. The van der Waals surface area contributed by atoms with Gasteiger partial charge in [-0.2, -0.15) is 0 Å². The van der Waals surface area contributed by atoms with E-state index in [9.17, 15) is 4.79 Å². The zero-order chi connectivity index (χ0) is 9.42. The van der Waals surface area contributed by atoms with Gasteiger partial charge in [0.15, 0.2) is 0 Å². The Hall–Kier alpha value is -1.00. The minimum Gasteiger partial charge on any atom is -0.339 e. The highest BCUT2D eigenvalue weighted by Gasteiger charge is 2.27. The molecule has 0 aliphatic heterocycles. The molecule has 1 aliphatic carbocycles. The third kappa shape index (κ3) is 1.55. The molecule has 2 rings (SSSR count). The average molecular weight is 200 g/mol. The summed E-state index contributed by atoms with van der Waals surface area (Å²) in [5, 5.41) is 0.575. The van der Waals surface area contributed by atoms with Crippen molar-refractivity contribution in [2.45, 2.75) is 18.9 Å². The topological polar surface area (TPSA) is 60.0 Å². The first-order valence-electron chi connectivity index (χ1n) is 4.10. The highest BCUT2D eigenvalue weighted by Crippen LogP contribution is 2.37. The quantitative estimate of drug-likeness (QED) is 0.426. The molecule has 4 nitrogen and oxygen atoms in total. The number of hydrogen-bond acceptors (Lipinski definition) is 2. The molecule has 1 heterocycles. The lowest BCUT2D eigenvalue weighted by atomic mass is 10.4. The molecule has 13 heavy (non-hydrogen) atoms. The molecular weight excluding hydrogens is 190 g/mol. The Morgan fingerprint density at radius 2 is 2.38 bits per heavy atom. The summed E-state index contributed by atoms with van der Waals surface area (Å²) >= 11 is 5.80. The molecule has 0 atom stereocenters. The van der Waals surface area contributed by atoms with Crippen LogP contribution >= 0.6 is 11.6 Å². The Morgan fingerprint density at radius 3 is 2.92 bits per heavy atom. The largest absolute Gasteiger partial charge is 0.339 e. The summed E-state index contributed by atoms with van der Waals surface area (Å²) in [6.07, 6.45) is 3.98. The molecule has 3 N–H and O–H groups in total. The van der Waals surface area contributed by atoms with Crippen molar-refractivity contribution < 1.29 is 4.79 Å². The summed E-state index contributed by atoms with van der Waals surface area (Å²) < 4.78 is 1.88. The van der Waals surface area contributed by atoms with Crippen LogP contribution in [-0.4, -0.2) is 10.5 Å². The molecule has 1 fully saturated rings. The molecule has 70 valence electrons. The van der Waals surface area contributed by atoms with Crippen molar-refractivity contribution in [3.63, 3.8) is 0 Å². The Balaban J connectivity index is 2.36. The van der Waals surface area contributed by atoms with E-state index in [0.717, 1.165) is 12.8 Å². The summed E-state index contributed by atoms with van der Waals surface area (Å²) in [5.41, 5.74) is 2.64. The van der Waals surface area contributed by atoms with Gasteiger partial charge in [-0.25, -0.2) is 5.84 Å². The maximum atomic E-state index is 11.3. The van der Waals surface area contributed by atoms with Crippen LogP contribution in [0.1, 0.15) is 29.4 Å². The number of aromatic nitrogens is 1. The Labute approximate surface area is 80.6 Å². The van der Waals surface area contributed by atoms with Gasteiger partial charge < -0.3 is 4.57 Å². The zero-order valence-corrected chi connectivity index (χ0v) is 7.71. The minimum absolute atomic E-state index is 0.293. The summed E-state index contributed by atoms with van der Waals surface area (Å²) in [7, 11) is 0. The fourth-order valence-electron chi connectivity index (χ4n) is 1.36. The molecule has 1 aromatic rings. The van der Waals surface area contributed by atoms with E-state index in [1.54, 1.807) is 12.3 Å². The van der Waals surface area contributed by atoms with Gasteiger partial charge in [0.05, 0.1) is 5.02 Å². The van der Waals surface area contributed by atoms with E-state index in [-0.39, 0.29) is 5.91 Å². The first-order valence-corrected chi connectivity index (χ1v) is 4.48. The number of rotatable bonds is 2. The first-order chi connectivity index (χ1) is 6.22. The van der Waals surface area contributed by atoms with Crippen molar-refractivity contribution in [2.24, 2.45) is 5.84 Å². The number of halogens is 1. The van der Waals surface area contributed by atoms with Crippen LogP contribution in [0.25, 0.3) is 0 Å². The summed E-state index contributed by atoms with van der Waals surface area (Å²) in [5.74, 6) is 4.75. The Morgan fingerprint density at radius 1 is 1.69 bits per heavy atom. The van der Waals surface area contributed by atoms with Crippen LogP contribution in [0.15, 0.2) is 12.3 Å². The van der Waals surface area contributed by atoms with Crippen molar-refractivity contribution in [2.75, 3.05) is 0 Å². The lowest BCUT2D eigenvalue weighted by Gasteiger charge is -2.04. The van der Waals surface area contributed by atoms with Gasteiger partial charge in [-0.3, -0.25) is 10.2 Å². The first kappa shape index (κ1) is 8.59. The van der Waals surface area contributed by atoms with Crippen LogP contribution in [0.3, 0.4) is 0 Å². The lowest BCUT2D eigenvalue weighted by Crippen LogP contribution is -2.31. The number of carbonyl (C=O) groups is 1. The van der Waals surface area contributed by atoms with Gasteiger partial charge in [0.2, 0.25) is 0 Å². The number of carbonyl (C=O) groups excluding carboxylic acids is 1. The van der Waals surface area contributed by atoms with Crippen LogP contribution in [0, 0.1) is 0 Å². The van der Waals surface area contributed by atoms with Crippen molar-refractivity contribution >= 4 is 17.5 Å². The Bertz CT molecular complexity index is 343. The zero-order valence-electron chi connectivity index (χ0n) is 6.96. The van der Waals surface area contributed by atoms with Crippen molar-refractivity contribution in [3.8, 4) is 0 Å². The maximum Gasteiger partial charge on any atom is 0.281 e. The van der Waals surface area contributed by atoms with Gasteiger partial charge in [0.25, 0.3) is 5.91 Å². The number of nitrogens with two attached hydrogens (primary N) is 1. The predicted octanol–water partition coefficient (Wildman–Crippen LogP) is 1.08. The van der Waals surface area contributed by atoms with E-state index in [1.807, 2.05) is 4.57 Å². The van der Waals surface area contributed by atoms with Crippen LogP contribution in [0.2, 0.25) is 5.02 Å². The van der Waals surface area contributed by atoms with Crippen LogP contribution < -0.4 is 11.3 Å². The third-order valence-electron chi connectivity index (χ3n) is 2.12. The van der Waals surface area contributed by atoms with Gasteiger partial charge in [0.1, 0.15) is 5.69 Å². The highest BCUT2D eigenvalue weighted by atomic mass is 35.5. The van der Waals surface area contributed by atoms with E-state index in [2.05, 4.69) is 5.43 Å². The molecule has 0 aromatic carbocycles. The average Bonchev–Trinajstić information content (AvgIpc) is 2.89. The van der Waals surface area contributed by atoms with Gasteiger partial charge in [-0.1, -0.05) is 11.6 Å². The second kappa shape index (κ2) is 3.05. The SMILES string of the molecule is NNC(=O)c1cc(Cl)cn1C1CC1. The van der Waals surface area contributed by atoms with Gasteiger partial charge in [0, 0.05) is 12.2 Å². The molecule has 0 bridgehead atoms. The van der Waals surface area contributed by atoms with Crippen LogP contribution in [-0.2, 0) is 0 Å². The molecule has 1 amide bonds. The van der Waals surface area contributed by atoms with Crippen LogP contribution in [0.5, 0.6) is 0 Å². The fourth-order valence-corrected chi connectivity index (χ4v) is 1.56. The number of nitrogens with one attached hydrogen (secondary N) is 1. The lowest BCUT2D eigenvalue weighted by molar-refractivity contribution is 0.0944. The van der Waals surface area contributed by atoms with E-state index in [1.165, 1.54) is 0 Å². The van der Waals surface area contributed by atoms with Gasteiger partial charge in [-0.15, -0.1) is 0 Å². The monoisotopic (exact) mass is 199 g/mol. The smallest absolute Gasteiger partial charge is 0.281 e. The molecular formula is C8H10ClN3O. The second-order valence-electron chi connectivity index (χ2n) is 3.16. The molecule has 1 saturated carbocycles. The standard InChI is InChI=1S/C8H10ClN3O/c9-5-3-7(8(13)11-10)12(4-5)6-1-2-6/h3-4,6H,1-2,10H2,(H,11,13). The molecule has 5 heteroatoms. The minimum atomic E-state index is -0.293. The van der Waals surface area contributed by atoms with Crippen molar-refractivity contribution in [3.05, 3.63) is 23.0 Å². The van der Waals surface area contributed by atoms with E-state index >= 15 is 0 Å². The van der Waals surface area contributed by atoms with E-state index in [4.69, 9.17) is 17.4 Å².